The first-order chi connectivity index (χ1) is 18.6. The number of carbonyl (C=O) groups is 1. The van der Waals surface area contributed by atoms with Gasteiger partial charge in [-0.1, -0.05) is 61.2 Å². The molecule has 2 aromatic carbocycles. The van der Waals surface area contributed by atoms with E-state index < -0.39 is 5.97 Å². The van der Waals surface area contributed by atoms with Crippen LogP contribution in [-0.2, 0) is 36.7 Å². The average Bonchev–Trinajstić information content (AvgIpc) is 3.61. The molecule has 1 atom stereocenters. The molecule has 2 heterocycles. The highest BCUT2D eigenvalue weighted by molar-refractivity contribution is 6.16. The number of fused-ring (bicyclic) bond motifs is 1. The van der Waals surface area contributed by atoms with Crippen LogP contribution in [0.15, 0.2) is 73.5 Å². The van der Waals surface area contributed by atoms with E-state index >= 15 is 0 Å². The van der Waals surface area contributed by atoms with E-state index in [1.54, 1.807) is 7.11 Å². The Balaban J connectivity index is 1.53. The van der Waals surface area contributed by atoms with Crippen LogP contribution in [0.25, 0.3) is 16.5 Å². The number of esters is 1. The normalized spacial score (nSPS) is 14.8. The van der Waals surface area contributed by atoms with Crippen molar-refractivity contribution < 1.29 is 23.7 Å². The second-order valence-corrected chi connectivity index (χ2v) is 9.47. The molecule has 38 heavy (non-hydrogen) atoms. The van der Waals surface area contributed by atoms with Gasteiger partial charge in [-0.15, -0.1) is 0 Å². The molecule has 3 aromatic rings. The lowest BCUT2D eigenvalue weighted by Crippen LogP contribution is -2.23. The third-order valence-electron chi connectivity index (χ3n) is 6.91. The number of allylic oxidation sites excluding steroid dienone is 1. The number of rotatable bonds is 14. The lowest BCUT2D eigenvalue weighted by atomic mass is 10.0. The minimum absolute atomic E-state index is 0.185. The maximum absolute atomic E-state index is 12.3. The number of ether oxygens (including phenoxy) is 4. The molecule has 7 heteroatoms. The molecular formula is C31H38N2O5. The first kappa shape index (κ1) is 27.6. The van der Waals surface area contributed by atoms with E-state index in [4.69, 9.17) is 18.9 Å². The number of methoxy groups -OCH3 is 2. The molecule has 1 fully saturated rings. The highest BCUT2D eigenvalue weighted by atomic mass is 16.7. The van der Waals surface area contributed by atoms with Crippen LogP contribution in [0.1, 0.15) is 29.7 Å². The first-order valence-electron chi connectivity index (χ1n) is 13.1. The summed E-state index contributed by atoms with van der Waals surface area (Å²) in [5.74, 6) is -0.201. The number of para-hydroxylation sites is 1. The highest BCUT2D eigenvalue weighted by Crippen LogP contribution is 2.28. The zero-order valence-electron chi connectivity index (χ0n) is 22.4. The fraction of sp³-hybridized carbons (Fsp3) is 0.387. The fourth-order valence-corrected chi connectivity index (χ4v) is 4.89. The number of carbonyl (C=O) groups excluding carboxylic acids is 1. The number of nitrogens with one attached hydrogen (secondary N) is 1. The maximum atomic E-state index is 12.3. The Labute approximate surface area is 225 Å². The summed E-state index contributed by atoms with van der Waals surface area (Å²) in [5.41, 5.74) is 4.34. The average molecular weight is 519 g/mol. The van der Waals surface area contributed by atoms with E-state index in [0.717, 1.165) is 54.5 Å². The van der Waals surface area contributed by atoms with Gasteiger partial charge in [-0.2, -0.15) is 0 Å². The van der Waals surface area contributed by atoms with Crippen LogP contribution in [0.4, 0.5) is 0 Å². The molecule has 0 radical (unpaired) electrons. The molecule has 202 valence electrons. The van der Waals surface area contributed by atoms with E-state index in [9.17, 15) is 4.79 Å². The molecule has 1 aliphatic heterocycles. The SMILES string of the molecule is C=C(C(=O)OC)c1[nH]c2ccccc2c1CCN(/C=C/CC(CCOC)C1OCCO1)Cc1ccccc1. The van der Waals surface area contributed by atoms with Gasteiger partial charge in [0.15, 0.2) is 6.29 Å². The second-order valence-electron chi connectivity index (χ2n) is 9.47. The fourth-order valence-electron chi connectivity index (χ4n) is 4.89. The molecule has 0 spiro atoms. The lowest BCUT2D eigenvalue weighted by molar-refractivity contribution is -0.133. The highest BCUT2D eigenvalue weighted by Gasteiger charge is 2.26. The van der Waals surface area contributed by atoms with E-state index in [1.165, 1.54) is 12.7 Å². The number of nitrogens with zero attached hydrogens (tertiary/aromatic N) is 1. The molecule has 7 nitrogen and oxygen atoms in total. The monoisotopic (exact) mass is 518 g/mol. The zero-order chi connectivity index (χ0) is 26.7. The molecule has 1 N–H and O–H groups in total. The van der Waals surface area contributed by atoms with Gasteiger partial charge in [0.1, 0.15) is 0 Å². The molecular weight excluding hydrogens is 480 g/mol. The third kappa shape index (κ3) is 7.13. The minimum Gasteiger partial charge on any atom is -0.465 e. The van der Waals surface area contributed by atoms with E-state index in [0.29, 0.717) is 25.4 Å². The zero-order valence-corrected chi connectivity index (χ0v) is 22.4. The number of aromatic nitrogens is 1. The maximum Gasteiger partial charge on any atom is 0.339 e. The van der Waals surface area contributed by atoms with Crippen molar-refractivity contribution in [3.05, 3.63) is 90.3 Å². The summed E-state index contributed by atoms with van der Waals surface area (Å²) in [7, 11) is 3.10. The molecule has 1 saturated heterocycles. The van der Waals surface area contributed by atoms with Gasteiger partial charge in [-0.05, 0) is 42.7 Å². The first-order valence-corrected chi connectivity index (χ1v) is 13.1. The summed E-state index contributed by atoms with van der Waals surface area (Å²) in [4.78, 5) is 18.0. The predicted octanol–water partition coefficient (Wildman–Crippen LogP) is 5.33. The van der Waals surface area contributed by atoms with Crippen molar-refractivity contribution in [3.8, 4) is 0 Å². The number of aromatic amines is 1. The molecule has 0 saturated carbocycles. The standard InChI is InChI=1S/C31H38N2O5/c1-23(30(34)36-3)29-27(26-13-7-8-14-28(26)32-29)15-18-33(22-24-10-5-4-6-11-24)17-9-12-25(16-19-35-2)31-37-20-21-38-31/h4-11,13-14,17,25,31-32H,1,12,15-16,18-22H2,2-3H3/b17-9+. The van der Waals surface area contributed by atoms with Gasteiger partial charge in [0.25, 0.3) is 0 Å². The Morgan fingerprint density at radius 3 is 2.61 bits per heavy atom. The Morgan fingerprint density at radius 2 is 1.87 bits per heavy atom. The van der Waals surface area contributed by atoms with Gasteiger partial charge < -0.3 is 28.8 Å². The van der Waals surface area contributed by atoms with Gasteiger partial charge in [0, 0.05) is 43.6 Å². The molecule has 0 bridgehead atoms. The van der Waals surface area contributed by atoms with Crippen molar-refractivity contribution in [1.29, 1.82) is 0 Å². The van der Waals surface area contributed by atoms with Crippen LogP contribution in [-0.4, -0.2) is 62.7 Å². The summed E-state index contributed by atoms with van der Waals surface area (Å²) in [6.07, 6.45) is 6.63. The summed E-state index contributed by atoms with van der Waals surface area (Å²) in [5, 5.41) is 1.09. The number of benzene rings is 2. The van der Waals surface area contributed by atoms with Gasteiger partial charge >= 0.3 is 5.97 Å². The van der Waals surface area contributed by atoms with Crippen molar-refractivity contribution >= 4 is 22.4 Å². The van der Waals surface area contributed by atoms with Crippen LogP contribution < -0.4 is 0 Å². The summed E-state index contributed by atoms with van der Waals surface area (Å²) in [6.45, 7) is 7.49. The van der Waals surface area contributed by atoms with Gasteiger partial charge in [0.2, 0.25) is 0 Å². The van der Waals surface area contributed by atoms with E-state index in [1.807, 2.05) is 24.3 Å². The summed E-state index contributed by atoms with van der Waals surface area (Å²) >= 11 is 0. The predicted molar refractivity (Wildman–Crippen MR) is 149 cm³/mol. The van der Waals surface area contributed by atoms with Gasteiger partial charge in [-0.25, -0.2) is 4.79 Å². The summed E-state index contributed by atoms with van der Waals surface area (Å²) in [6, 6.07) is 18.5. The molecule has 1 unspecified atom stereocenters. The van der Waals surface area contributed by atoms with Crippen molar-refractivity contribution in [2.24, 2.45) is 5.92 Å². The number of H-pyrrole nitrogens is 1. The van der Waals surface area contributed by atoms with E-state index in [-0.39, 0.29) is 12.2 Å². The van der Waals surface area contributed by atoms with Crippen molar-refractivity contribution in [2.45, 2.75) is 32.1 Å². The van der Waals surface area contributed by atoms with Crippen LogP contribution in [0.3, 0.4) is 0 Å². The molecule has 0 amide bonds. The Hall–Kier alpha value is -3.39. The molecule has 0 aliphatic carbocycles. The lowest BCUT2D eigenvalue weighted by Gasteiger charge is -2.23. The van der Waals surface area contributed by atoms with Crippen LogP contribution in [0.2, 0.25) is 0 Å². The van der Waals surface area contributed by atoms with Crippen molar-refractivity contribution in [2.75, 3.05) is 40.6 Å². The number of hydrogen-bond acceptors (Lipinski definition) is 6. The summed E-state index contributed by atoms with van der Waals surface area (Å²) < 4.78 is 21.9. The molecule has 1 aromatic heterocycles. The van der Waals surface area contributed by atoms with Crippen LogP contribution in [0, 0.1) is 5.92 Å². The smallest absolute Gasteiger partial charge is 0.339 e. The van der Waals surface area contributed by atoms with Gasteiger partial charge in [-0.3, -0.25) is 0 Å². The van der Waals surface area contributed by atoms with Crippen LogP contribution >= 0.6 is 0 Å². The minimum atomic E-state index is -0.433. The quantitative estimate of drug-likeness (QED) is 0.230. The van der Waals surface area contributed by atoms with Crippen LogP contribution in [0.5, 0.6) is 0 Å². The Bertz CT molecular complexity index is 1210. The largest absolute Gasteiger partial charge is 0.465 e. The third-order valence-corrected chi connectivity index (χ3v) is 6.91. The van der Waals surface area contributed by atoms with Crippen molar-refractivity contribution in [1.82, 2.24) is 9.88 Å². The number of hydrogen-bond donors (Lipinski definition) is 1. The van der Waals surface area contributed by atoms with E-state index in [2.05, 4.69) is 59.1 Å². The topological polar surface area (TPSA) is 73.0 Å². The van der Waals surface area contributed by atoms with Crippen molar-refractivity contribution in [3.63, 3.8) is 0 Å². The second kappa shape index (κ2) is 14.0. The van der Waals surface area contributed by atoms with Gasteiger partial charge in [0.05, 0.1) is 31.6 Å². The Morgan fingerprint density at radius 1 is 1.13 bits per heavy atom. The molecule has 4 rings (SSSR count). The molecule has 1 aliphatic rings. The Kier molecular flexibility index (Phi) is 10.1.